The first-order valence-electron chi connectivity index (χ1n) is 36.2. The lowest BCUT2D eigenvalue weighted by Crippen LogP contribution is -2.56. The molecule has 6 N–H and O–H groups in total. The van der Waals surface area contributed by atoms with Crippen molar-refractivity contribution in [3.8, 4) is 45.5 Å². The van der Waals surface area contributed by atoms with Gasteiger partial charge in [-0.05, 0) is 99.4 Å². The molecule has 0 bridgehead atoms. The normalized spacial score (nSPS) is 24.5. The van der Waals surface area contributed by atoms with E-state index >= 15 is 0 Å². The van der Waals surface area contributed by atoms with Crippen molar-refractivity contribution in [1.29, 1.82) is 0 Å². The van der Waals surface area contributed by atoms with Crippen molar-refractivity contribution in [2.75, 3.05) is 51.0 Å². The van der Waals surface area contributed by atoms with E-state index in [1.807, 2.05) is 121 Å². The number of carbonyl (C=O) groups excluding carboxylic acids is 6. The Morgan fingerprint density at radius 3 is 1.45 bits per heavy atom. The molecule has 4 fully saturated rings. The van der Waals surface area contributed by atoms with Gasteiger partial charge in [0.15, 0.2) is 0 Å². The molecule has 0 unspecified atom stereocenters. The molecule has 106 heavy (non-hydrogen) atoms. The number of allylic oxidation sites excluding steroid dienone is 1. The highest BCUT2D eigenvalue weighted by Gasteiger charge is 2.63. The van der Waals surface area contributed by atoms with Gasteiger partial charge >= 0.3 is 0 Å². The van der Waals surface area contributed by atoms with Gasteiger partial charge in [0.1, 0.15) is 68.2 Å². The molecule has 2 saturated carbocycles. The largest absolute Gasteiger partial charge is 0.497 e. The van der Waals surface area contributed by atoms with Crippen LogP contribution in [0.3, 0.4) is 0 Å². The van der Waals surface area contributed by atoms with E-state index in [4.69, 9.17) is 28.9 Å². The van der Waals surface area contributed by atoms with Gasteiger partial charge in [-0.3, -0.25) is 28.8 Å². The monoisotopic (exact) mass is 1480 g/mol. The lowest BCUT2D eigenvalue weighted by molar-refractivity contribution is -0.138. The number of para-hydroxylation sites is 2. The topological polar surface area (TPSA) is 312 Å². The van der Waals surface area contributed by atoms with Crippen molar-refractivity contribution in [1.82, 2.24) is 39.8 Å². The number of nitrogens with zero attached hydrogens (tertiary/aromatic N) is 4. The van der Waals surface area contributed by atoms with Gasteiger partial charge in [0, 0.05) is 91.9 Å². The van der Waals surface area contributed by atoms with Crippen molar-refractivity contribution in [3.63, 3.8) is 0 Å². The lowest BCUT2D eigenvalue weighted by atomic mass is 10.0. The fourth-order valence-corrected chi connectivity index (χ4v) is 17.4. The third-order valence-corrected chi connectivity index (χ3v) is 23.6. The maximum absolute atomic E-state index is 14.2. The van der Waals surface area contributed by atoms with E-state index in [0.29, 0.717) is 82.7 Å². The zero-order chi connectivity index (χ0) is 74.3. The molecule has 2 saturated heterocycles. The zero-order valence-corrected chi connectivity index (χ0v) is 61.3. The van der Waals surface area contributed by atoms with Gasteiger partial charge in [-0.25, -0.2) is 36.2 Å². The van der Waals surface area contributed by atoms with Gasteiger partial charge in [0.25, 0.3) is 31.9 Å². The van der Waals surface area contributed by atoms with Crippen molar-refractivity contribution in [2.45, 2.75) is 149 Å². The van der Waals surface area contributed by atoms with Crippen LogP contribution in [0.5, 0.6) is 23.0 Å². The molecule has 14 rings (SSSR count). The fourth-order valence-electron chi connectivity index (χ4n) is 14.9. The minimum Gasteiger partial charge on any atom is -0.497 e. The van der Waals surface area contributed by atoms with Crippen LogP contribution in [0.1, 0.15) is 104 Å². The summed E-state index contributed by atoms with van der Waals surface area (Å²) in [6.45, 7) is 4.27. The Balaban J connectivity index is 0.000000188. The van der Waals surface area contributed by atoms with E-state index in [0.717, 1.165) is 79.7 Å². The predicted molar refractivity (Wildman–Crippen MR) is 402 cm³/mol. The van der Waals surface area contributed by atoms with E-state index < -0.39 is 85.0 Å². The summed E-state index contributed by atoms with van der Waals surface area (Å²) in [6, 6.07) is 45.2. The number of rotatable bonds is 12. The Bertz CT molecular complexity index is 4910. The third-order valence-electron chi connectivity index (χ3n) is 20.8. The number of nitrogens with one attached hydrogen (secondary N) is 6. The van der Waals surface area contributed by atoms with Crippen LogP contribution in [-0.4, -0.2) is 148 Å². The molecule has 24 nitrogen and oxygen atoms in total. The number of anilines is 2. The van der Waals surface area contributed by atoms with Crippen LogP contribution in [0, 0.1) is 11.8 Å². The number of hydrogen-bond acceptors (Lipinski definition) is 18. The summed E-state index contributed by atoms with van der Waals surface area (Å²) in [4.78, 5) is 94.8. The Morgan fingerprint density at radius 1 is 0.519 bits per heavy atom. The van der Waals surface area contributed by atoms with Crippen molar-refractivity contribution in [3.05, 3.63) is 170 Å². The molecule has 0 radical (unpaired) electrons. The molecule has 2 aromatic heterocycles. The summed E-state index contributed by atoms with van der Waals surface area (Å²) in [5.74, 6) is -1.59. The van der Waals surface area contributed by atoms with Crippen LogP contribution in [-0.2, 0) is 48.8 Å². The highest BCUT2D eigenvalue weighted by molar-refractivity contribution is 7.90. The minimum absolute atomic E-state index is 0.0297. The number of methoxy groups -OCH3 is 2. The van der Waals surface area contributed by atoms with Gasteiger partial charge < -0.3 is 50.0 Å². The van der Waals surface area contributed by atoms with Crippen LogP contribution in [0.2, 0.25) is 0 Å². The van der Waals surface area contributed by atoms with Crippen molar-refractivity contribution in [2.24, 2.45) is 11.8 Å². The molecule has 8 aromatic rings. The number of carbonyl (C=O) groups is 6. The van der Waals surface area contributed by atoms with Gasteiger partial charge in [-0.15, -0.1) is 0 Å². The van der Waals surface area contributed by atoms with E-state index in [1.165, 1.54) is 35.8 Å². The number of likely N-dealkylation sites (tertiary alicyclic amines) is 2. The number of ether oxygens (including phenoxy) is 4. The Hall–Kier alpha value is -10.6. The Labute approximate surface area is 616 Å². The number of benzene rings is 6. The summed E-state index contributed by atoms with van der Waals surface area (Å²) in [5.41, 5.74) is 2.39. The smallest absolute Gasteiger partial charge is 0.266 e. The number of aromatic nitrogens is 2. The van der Waals surface area contributed by atoms with E-state index in [-0.39, 0.29) is 59.9 Å². The SMILES string of the molecule is COc1ccc2c(O[C@@H]3C[C@@H](C(=O)N[C@]45C[C@H]4/C=C\CCCCCNc4ccccc4S(=O)(=O)NC5=O)N(C(C)=O)C3)cc(-c3ccccc3)nc2c1.COc1ccc2c(O[C@@H]3C[C@@H](C(=O)N[C@]45C[C@H]4CCCCCCCNc4ccccc4S(=O)(=O)NC5=O)N(C(C)=O)C3)cc(-c3ccccc3)nc2c1. The maximum Gasteiger partial charge on any atom is 0.266 e. The first-order chi connectivity index (χ1) is 51.1. The minimum atomic E-state index is -4.30. The van der Waals surface area contributed by atoms with Crippen molar-refractivity contribution >= 4 is 88.7 Å². The molecular formula is C80H88N10O14S2. The molecular weight excluding hydrogens is 1390 g/mol. The summed E-state index contributed by atoms with van der Waals surface area (Å²) >= 11 is 0. The molecule has 6 heterocycles. The molecule has 554 valence electrons. The molecule has 6 aliphatic rings. The first-order valence-corrected chi connectivity index (χ1v) is 39.2. The highest BCUT2D eigenvalue weighted by Crippen LogP contribution is 2.49. The van der Waals surface area contributed by atoms with Crippen LogP contribution in [0.4, 0.5) is 11.4 Å². The Morgan fingerprint density at radius 2 is 0.962 bits per heavy atom. The van der Waals surface area contributed by atoms with Crippen LogP contribution < -0.4 is 49.7 Å². The Kier molecular flexibility index (Phi) is 22.0. The molecule has 2 aliphatic carbocycles. The molecule has 6 aromatic carbocycles. The highest BCUT2D eigenvalue weighted by atomic mass is 32.2. The second-order valence-corrected chi connectivity index (χ2v) is 31.3. The molecule has 6 amide bonds. The molecule has 26 heteroatoms. The van der Waals surface area contributed by atoms with Crippen LogP contribution in [0.25, 0.3) is 44.3 Å². The molecule has 8 atom stereocenters. The molecule has 0 spiro atoms. The van der Waals surface area contributed by atoms with Crippen LogP contribution >= 0.6 is 0 Å². The zero-order valence-electron chi connectivity index (χ0n) is 59.7. The van der Waals surface area contributed by atoms with Crippen LogP contribution in [0.15, 0.2) is 180 Å². The molecule has 4 aliphatic heterocycles. The van der Waals surface area contributed by atoms with E-state index in [9.17, 15) is 45.6 Å². The third kappa shape index (κ3) is 16.3. The maximum atomic E-state index is 14.2. The average molecular weight is 1480 g/mol. The quantitative estimate of drug-likeness (QED) is 0.0619. The summed E-state index contributed by atoms with van der Waals surface area (Å²) in [7, 11) is -5.39. The standard InChI is InChI=1S/C40H45N5O7S.C40H43N5O7S/c2*1-26(46)45-25-30(52-36-23-33(27-13-7-6-8-14-27)42-34-21-29(51-2)18-19-31(34)36)22-35(45)38(47)43-40-24-28(40)15-9-4-3-5-12-20-41-32-16-10-11-17-37(32)53(49,50)44-39(40)48/h6-8,10-11,13-14,16-19,21,23,28,30,35,41H,3-5,9,12,15,20,22,24-25H2,1-2H3,(H,43,47)(H,44,48);6-11,13-19,21,23,28,30,35,41H,3-5,12,20,22,24-25H2,1-2H3,(H,43,47)(H,44,48)/b;15-9-/t2*28-,30-,35+,40-/m11/s1. The van der Waals surface area contributed by atoms with Gasteiger partial charge in [0.2, 0.25) is 23.6 Å². The number of fused-ring (bicyclic) bond motifs is 6. The first kappa shape index (κ1) is 73.7. The number of sulfonamides is 2. The van der Waals surface area contributed by atoms with Gasteiger partial charge in [0.05, 0.1) is 61.1 Å². The summed E-state index contributed by atoms with van der Waals surface area (Å²) < 4.78 is 83.1. The van der Waals surface area contributed by atoms with Gasteiger partial charge in [-0.2, -0.15) is 0 Å². The summed E-state index contributed by atoms with van der Waals surface area (Å²) in [5, 5.41) is 13.7. The summed E-state index contributed by atoms with van der Waals surface area (Å²) in [6.07, 6.45) is 12.5. The predicted octanol–water partition coefficient (Wildman–Crippen LogP) is 10.6. The van der Waals surface area contributed by atoms with E-state index in [1.54, 1.807) is 50.6 Å². The number of hydrogen-bond donors (Lipinski definition) is 6. The fraction of sp³-hybridized carbons (Fsp3) is 0.375. The van der Waals surface area contributed by atoms with Crippen molar-refractivity contribution < 1.29 is 64.6 Å². The number of amides is 6. The second kappa shape index (κ2) is 31.6. The number of pyridine rings is 2. The lowest BCUT2D eigenvalue weighted by Gasteiger charge is -2.26. The van der Waals surface area contributed by atoms with Gasteiger partial charge in [-0.1, -0.05) is 129 Å². The average Bonchev–Trinajstić information content (AvgIpc) is 1.58. The second-order valence-electron chi connectivity index (χ2n) is 28.0. The van der Waals surface area contributed by atoms with E-state index in [2.05, 4.69) is 30.7 Å².